The predicted octanol–water partition coefficient (Wildman–Crippen LogP) is 0.605. The van der Waals surface area contributed by atoms with Gasteiger partial charge >= 0.3 is 0 Å². The number of hydrogen-bond acceptors (Lipinski definition) is 4. The second-order valence-electron chi connectivity index (χ2n) is 4.99. The Balaban J connectivity index is 2.70. The molecule has 1 aliphatic rings. The van der Waals surface area contributed by atoms with Crippen LogP contribution in [0, 0.1) is 5.92 Å². The Labute approximate surface area is 109 Å². The predicted molar refractivity (Wildman–Crippen MR) is 75.6 cm³/mol. The zero-order valence-electron chi connectivity index (χ0n) is 10.5. The summed E-state index contributed by atoms with van der Waals surface area (Å²) in [6, 6.07) is -0.587. The Morgan fingerprint density at radius 2 is 2.06 bits per heavy atom. The highest BCUT2D eigenvalue weighted by atomic mass is 31.2. The first-order valence-electron chi connectivity index (χ1n) is 5.54. The molecule has 2 radical (unpaired) electrons. The summed E-state index contributed by atoms with van der Waals surface area (Å²) >= 11 is 0. The van der Waals surface area contributed by atoms with Crippen LogP contribution in [0.4, 0.5) is 0 Å². The lowest BCUT2D eigenvalue weighted by Crippen LogP contribution is -2.24. The third-order valence-corrected chi connectivity index (χ3v) is 7.42. The summed E-state index contributed by atoms with van der Waals surface area (Å²) in [7, 11) is -0.581. The minimum atomic E-state index is -3.61. The molecule has 0 aromatic carbocycles. The summed E-state index contributed by atoms with van der Waals surface area (Å²) < 4.78 is 17.0. The highest BCUT2D eigenvalue weighted by Crippen LogP contribution is 2.55. The molecule has 3 N–H and O–H groups in total. The highest BCUT2D eigenvalue weighted by Gasteiger charge is 2.36. The first-order valence-corrected chi connectivity index (χ1v) is 10.0. The van der Waals surface area contributed by atoms with Crippen molar-refractivity contribution in [1.29, 1.82) is 0 Å². The molecule has 0 aliphatic carbocycles. The van der Waals surface area contributed by atoms with Gasteiger partial charge in [-0.3, -0.25) is 4.57 Å². The molecule has 1 rings (SSSR count). The zero-order chi connectivity index (χ0) is 14.1. The molecular formula is C10H19BO5P2. The standard InChI is InChI=1S/C10H19BO5P2/c1-7-9(12)8(16-10(7)11)4-5-18(14,15)6-17(2,3)13/h4-5,7-10,12-13H,2,6H2,1,3H3,(H,14,15)/b5-4+/t7-,8+,9?,10+,17?/m0/s1. The minimum Gasteiger partial charge on any atom is -0.390 e. The van der Waals surface area contributed by atoms with Gasteiger partial charge in [0.05, 0.1) is 12.0 Å². The van der Waals surface area contributed by atoms with Crippen molar-refractivity contribution in [3.05, 3.63) is 11.9 Å². The Bertz CT molecular complexity index is 418. The van der Waals surface area contributed by atoms with Gasteiger partial charge in [-0.2, -0.15) is 0 Å². The van der Waals surface area contributed by atoms with Crippen LogP contribution in [0.1, 0.15) is 6.92 Å². The van der Waals surface area contributed by atoms with Gasteiger partial charge in [0.2, 0.25) is 7.37 Å². The van der Waals surface area contributed by atoms with Crippen LogP contribution in [0.5, 0.6) is 0 Å². The normalized spacial score (nSPS) is 39.6. The molecule has 0 saturated carbocycles. The van der Waals surface area contributed by atoms with E-state index in [0.29, 0.717) is 0 Å². The van der Waals surface area contributed by atoms with Gasteiger partial charge in [0.1, 0.15) is 14.0 Å². The molecule has 8 heteroatoms. The number of aliphatic hydroxyl groups excluding tert-OH is 1. The van der Waals surface area contributed by atoms with E-state index in [0.717, 1.165) is 5.82 Å². The van der Waals surface area contributed by atoms with Gasteiger partial charge < -0.3 is 19.6 Å². The quantitative estimate of drug-likeness (QED) is 0.522. The van der Waals surface area contributed by atoms with Crippen molar-refractivity contribution < 1.29 is 24.2 Å². The largest absolute Gasteiger partial charge is 0.390 e. The maximum Gasteiger partial charge on any atom is 0.228 e. The van der Waals surface area contributed by atoms with Crippen LogP contribution in [0.15, 0.2) is 11.9 Å². The van der Waals surface area contributed by atoms with Crippen molar-refractivity contribution in [3.63, 3.8) is 0 Å². The van der Waals surface area contributed by atoms with Crippen LogP contribution in [0.25, 0.3) is 0 Å². The van der Waals surface area contributed by atoms with Crippen molar-refractivity contribution in [3.8, 4) is 0 Å². The molecule has 5 nitrogen and oxygen atoms in total. The van der Waals surface area contributed by atoms with Crippen molar-refractivity contribution in [1.82, 2.24) is 0 Å². The summed E-state index contributed by atoms with van der Waals surface area (Å²) in [5.74, 6) is 0.604. The molecule has 0 bridgehead atoms. The SMILES string of the molecule is [B][C@@H]1O[C@H](/C=C/P(=O)(O)CP(=C)(C)O)C(O)[C@@H]1C. The lowest BCUT2D eigenvalue weighted by Gasteiger charge is -2.15. The monoisotopic (exact) mass is 292 g/mol. The number of rotatable bonds is 4. The molecule has 3 unspecified atom stereocenters. The van der Waals surface area contributed by atoms with Crippen molar-refractivity contribution in [2.24, 2.45) is 5.92 Å². The van der Waals surface area contributed by atoms with E-state index < -0.39 is 32.7 Å². The molecule has 1 fully saturated rings. The molecule has 1 saturated heterocycles. The first kappa shape index (κ1) is 16.2. The van der Waals surface area contributed by atoms with Gasteiger partial charge in [-0.05, 0) is 18.6 Å². The lowest BCUT2D eigenvalue weighted by atomic mass is 9.86. The van der Waals surface area contributed by atoms with E-state index in [-0.39, 0.29) is 11.8 Å². The number of aliphatic hydroxyl groups is 1. The molecule has 0 aromatic rings. The van der Waals surface area contributed by atoms with Crippen LogP contribution < -0.4 is 0 Å². The molecule has 102 valence electrons. The molecule has 1 heterocycles. The van der Waals surface area contributed by atoms with E-state index in [9.17, 15) is 19.5 Å². The molecule has 18 heavy (non-hydrogen) atoms. The van der Waals surface area contributed by atoms with Gasteiger partial charge in [-0.25, -0.2) is 0 Å². The van der Waals surface area contributed by atoms with Gasteiger partial charge in [0, 0.05) is 19.0 Å². The third kappa shape index (κ3) is 4.69. The van der Waals surface area contributed by atoms with E-state index >= 15 is 0 Å². The van der Waals surface area contributed by atoms with E-state index in [1.807, 2.05) is 0 Å². The maximum absolute atomic E-state index is 11.8. The van der Waals surface area contributed by atoms with Crippen LogP contribution in [0.3, 0.4) is 0 Å². The topological polar surface area (TPSA) is 87.0 Å². The van der Waals surface area contributed by atoms with E-state index in [1.165, 1.54) is 12.7 Å². The Morgan fingerprint density at radius 3 is 2.44 bits per heavy atom. The maximum atomic E-state index is 11.8. The average molecular weight is 292 g/mol. The van der Waals surface area contributed by atoms with Gasteiger partial charge in [0.15, 0.2) is 0 Å². The van der Waals surface area contributed by atoms with Crippen molar-refractivity contribution in [2.75, 3.05) is 12.6 Å². The average Bonchev–Trinajstić information content (AvgIpc) is 2.39. The fraction of sp³-hybridized carbons (Fsp3) is 0.700. The number of hydrogen-bond donors (Lipinski definition) is 3. The molecular weight excluding hydrogens is 273 g/mol. The third-order valence-electron chi connectivity index (χ3n) is 2.72. The van der Waals surface area contributed by atoms with Crippen LogP contribution in [0.2, 0.25) is 0 Å². The van der Waals surface area contributed by atoms with Crippen LogP contribution in [-0.4, -0.2) is 59.8 Å². The summed E-state index contributed by atoms with van der Waals surface area (Å²) in [6.07, 6.45) is 3.32. The second kappa shape index (κ2) is 5.66. The van der Waals surface area contributed by atoms with E-state index in [1.54, 1.807) is 6.92 Å². The van der Waals surface area contributed by atoms with Gasteiger partial charge in [-0.1, -0.05) is 13.2 Å². The van der Waals surface area contributed by atoms with Gasteiger partial charge in [-0.15, -0.1) is 0 Å². The van der Waals surface area contributed by atoms with Crippen molar-refractivity contribution >= 4 is 28.6 Å². The molecule has 1 aliphatic heterocycles. The minimum absolute atomic E-state index is 0.235. The number of ether oxygens (including phenoxy) is 1. The smallest absolute Gasteiger partial charge is 0.228 e. The highest BCUT2D eigenvalue weighted by molar-refractivity contribution is 7.81. The summed E-state index contributed by atoms with van der Waals surface area (Å²) in [5.41, 5.74) is 0. The molecule has 6 atom stereocenters. The fourth-order valence-electron chi connectivity index (χ4n) is 1.74. The molecule has 0 aromatic heterocycles. The Hall–Kier alpha value is 0.175. The van der Waals surface area contributed by atoms with Crippen LogP contribution in [-0.2, 0) is 9.30 Å². The van der Waals surface area contributed by atoms with E-state index in [2.05, 4.69) is 6.30 Å². The summed E-state index contributed by atoms with van der Waals surface area (Å²) in [4.78, 5) is 19.2. The molecule has 0 amide bonds. The summed E-state index contributed by atoms with van der Waals surface area (Å²) in [5, 5.41) is 9.77. The van der Waals surface area contributed by atoms with Crippen molar-refractivity contribution in [2.45, 2.75) is 25.1 Å². The Kier molecular flexibility index (Phi) is 5.10. The fourth-order valence-corrected chi connectivity index (χ4v) is 6.05. The summed E-state index contributed by atoms with van der Waals surface area (Å²) in [6.45, 7) is 3.20. The van der Waals surface area contributed by atoms with Gasteiger partial charge in [0.25, 0.3) is 0 Å². The van der Waals surface area contributed by atoms with E-state index in [4.69, 9.17) is 12.6 Å². The molecule has 0 spiro atoms. The second-order valence-corrected chi connectivity index (χ2v) is 10.6. The zero-order valence-corrected chi connectivity index (χ0v) is 12.3. The first-order chi connectivity index (χ1) is 8.02. The lowest BCUT2D eigenvalue weighted by molar-refractivity contribution is 0.0635. The Morgan fingerprint density at radius 1 is 1.50 bits per heavy atom. The van der Waals surface area contributed by atoms with Crippen LogP contribution >= 0.6 is 14.5 Å².